The number of aromatic nitrogens is 6. The van der Waals surface area contributed by atoms with Gasteiger partial charge in [-0.05, 0) is 30.1 Å². The van der Waals surface area contributed by atoms with Gasteiger partial charge >= 0.3 is 0 Å². The molecule has 0 aliphatic heterocycles. The number of nitrogens with zero attached hydrogens (tertiary/aromatic N) is 6. The summed E-state index contributed by atoms with van der Waals surface area (Å²) in [5.41, 5.74) is 1.17. The lowest BCUT2D eigenvalue weighted by Crippen LogP contribution is -2.08. The van der Waals surface area contributed by atoms with Crippen molar-refractivity contribution in [2.45, 2.75) is 6.42 Å². The van der Waals surface area contributed by atoms with E-state index in [2.05, 4.69) is 29.9 Å². The summed E-state index contributed by atoms with van der Waals surface area (Å²) < 4.78 is 34.5. The largest absolute Gasteiger partial charge is 0.494 e. The molecule has 3 aromatic heterocycles. The second-order valence-corrected chi connectivity index (χ2v) is 7.68. The van der Waals surface area contributed by atoms with Gasteiger partial charge in [0.2, 0.25) is 11.8 Å². The molecule has 0 saturated heterocycles. The molecule has 4 rings (SSSR count). The maximum Gasteiger partial charge on any atom is 0.239 e. The number of aryl methyl sites for hydroxylation is 1. The van der Waals surface area contributed by atoms with E-state index in [1.165, 1.54) is 11.9 Å². The first kappa shape index (κ1) is 23.2. The quantitative estimate of drug-likeness (QED) is 0.265. The minimum absolute atomic E-state index is 0.437. The monoisotopic (exact) mass is 483 g/mol. The molecule has 0 saturated carbocycles. The molecule has 0 fully saturated rings. The Morgan fingerprint density at radius 1 is 0.941 bits per heavy atom. The number of pyridine rings is 1. The van der Waals surface area contributed by atoms with Gasteiger partial charge in [0.1, 0.15) is 28.7 Å². The molecule has 0 amide bonds. The number of halogens is 1. The van der Waals surface area contributed by atoms with Crippen LogP contribution in [0.3, 0.4) is 0 Å². The van der Waals surface area contributed by atoms with Crippen LogP contribution >= 0.6 is 11.9 Å². The Morgan fingerprint density at radius 2 is 1.65 bits per heavy atom. The van der Waals surface area contributed by atoms with Crippen molar-refractivity contribution < 1.29 is 18.6 Å². The van der Waals surface area contributed by atoms with Gasteiger partial charge in [0.15, 0.2) is 11.6 Å². The van der Waals surface area contributed by atoms with Crippen LogP contribution in [0.25, 0.3) is 17.2 Å². The zero-order chi connectivity index (χ0) is 23.9. The van der Waals surface area contributed by atoms with Crippen molar-refractivity contribution in [3.63, 3.8) is 0 Å². The highest BCUT2D eigenvalue weighted by atomic mass is 32.2. The van der Waals surface area contributed by atoms with Crippen LogP contribution in [-0.2, 0) is 6.42 Å². The molecule has 0 aliphatic carbocycles. The lowest BCUT2D eigenvalue weighted by Gasteiger charge is -2.17. The summed E-state index contributed by atoms with van der Waals surface area (Å²) in [5, 5.41) is 8.72. The van der Waals surface area contributed by atoms with E-state index in [1.807, 2.05) is 30.3 Å². The van der Waals surface area contributed by atoms with E-state index in [1.54, 1.807) is 32.0 Å². The van der Waals surface area contributed by atoms with Gasteiger partial charge in [0.25, 0.3) is 0 Å². The highest BCUT2D eigenvalue weighted by Gasteiger charge is 2.23. The van der Waals surface area contributed by atoms with Gasteiger partial charge in [-0.15, -0.1) is 10.2 Å². The van der Waals surface area contributed by atoms with E-state index in [0.29, 0.717) is 58.5 Å². The van der Waals surface area contributed by atoms with Crippen LogP contribution in [0.1, 0.15) is 5.82 Å². The Balaban J connectivity index is 1.68. The van der Waals surface area contributed by atoms with Crippen molar-refractivity contribution in [2.24, 2.45) is 0 Å². The first-order chi connectivity index (χ1) is 16.6. The van der Waals surface area contributed by atoms with E-state index in [0.717, 1.165) is 12.4 Å². The normalized spacial score (nSPS) is 10.7. The van der Waals surface area contributed by atoms with Crippen LogP contribution in [-0.4, -0.2) is 56.8 Å². The Bertz CT molecular complexity index is 1230. The zero-order valence-corrected chi connectivity index (χ0v) is 19.5. The predicted molar refractivity (Wildman–Crippen MR) is 126 cm³/mol. The molecule has 34 heavy (non-hydrogen) atoms. The summed E-state index contributed by atoms with van der Waals surface area (Å²) in [5.74, 6) is 3.17. The Hall–Kier alpha value is -3.93. The van der Waals surface area contributed by atoms with Crippen molar-refractivity contribution in [2.75, 3.05) is 31.8 Å². The van der Waals surface area contributed by atoms with Crippen molar-refractivity contribution in [3.05, 3.63) is 60.4 Å². The molecule has 1 aromatic carbocycles. The van der Waals surface area contributed by atoms with Gasteiger partial charge in [-0.3, -0.25) is 9.29 Å². The molecule has 12 heteroatoms. The number of hydrogen-bond acceptors (Lipinski definition) is 10. The third-order valence-electron chi connectivity index (χ3n) is 4.72. The van der Waals surface area contributed by atoms with E-state index in [4.69, 9.17) is 14.2 Å². The Kier molecular flexibility index (Phi) is 7.38. The number of anilines is 1. The number of para-hydroxylation sites is 1. The van der Waals surface area contributed by atoms with Gasteiger partial charge in [-0.25, -0.2) is 19.3 Å². The number of ether oxygens (including phenoxy) is 3. The lowest BCUT2D eigenvalue weighted by molar-refractivity contribution is 0.391. The van der Waals surface area contributed by atoms with E-state index >= 15 is 0 Å². The lowest BCUT2D eigenvalue weighted by atomic mass is 10.2. The second-order valence-electron chi connectivity index (χ2n) is 6.78. The summed E-state index contributed by atoms with van der Waals surface area (Å²) in [6.45, 7) is 0. The van der Waals surface area contributed by atoms with Crippen LogP contribution < -0.4 is 18.9 Å². The highest BCUT2D eigenvalue weighted by molar-refractivity contribution is 8.00. The maximum absolute atomic E-state index is 13.0. The van der Waals surface area contributed by atoms with Crippen LogP contribution in [0.5, 0.6) is 17.4 Å². The molecular formula is C22H22FN7O3S. The zero-order valence-electron chi connectivity index (χ0n) is 18.7. The standard InChI is InChI=1S/C22H22FN7O3S/c1-31-16-7-5-8-17(32-2)20(16)30-21(15-6-4-9-19(26-15)33-3)27-28-22(30)29-34-11-10-18-24-12-14(23)13-25-18/h4-9,12-13H,10-11H2,1-3H3,(H,28,29). The van der Waals surface area contributed by atoms with Gasteiger partial charge in [0.05, 0.1) is 33.7 Å². The molecule has 0 aliphatic rings. The number of methoxy groups -OCH3 is 3. The van der Waals surface area contributed by atoms with Crippen molar-refractivity contribution in [1.82, 2.24) is 29.7 Å². The van der Waals surface area contributed by atoms with Crippen LogP contribution in [0.15, 0.2) is 48.8 Å². The maximum atomic E-state index is 13.0. The molecule has 4 aromatic rings. The number of nitrogens with one attached hydrogen (secondary N) is 1. The molecule has 0 spiro atoms. The summed E-state index contributed by atoms with van der Waals surface area (Å²) in [6.07, 6.45) is 2.84. The molecule has 0 radical (unpaired) electrons. The average Bonchev–Trinajstić information content (AvgIpc) is 3.30. The molecule has 3 heterocycles. The SMILES string of the molecule is COc1cccc(-c2nnc(NSCCc3ncc(F)cn3)n2-c2c(OC)cccc2OC)n1. The van der Waals surface area contributed by atoms with Crippen molar-refractivity contribution in [1.29, 1.82) is 0 Å². The fourth-order valence-corrected chi connectivity index (χ4v) is 3.81. The van der Waals surface area contributed by atoms with Gasteiger partial charge < -0.3 is 14.2 Å². The van der Waals surface area contributed by atoms with Crippen LogP contribution in [0, 0.1) is 5.82 Å². The van der Waals surface area contributed by atoms with Crippen LogP contribution in [0.4, 0.5) is 10.3 Å². The number of benzene rings is 1. The van der Waals surface area contributed by atoms with E-state index in [-0.39, 0.29) is 0 Å². The highest BCUT2D eigenvalue weighted by Crippen LogP contribution is 2.37. The summed E-state index contributed by atoms with van der Waals surface area (Å²) >= 11 is 1.38. The average molecular weight is 484 g/mol. The minimum atomic E-state index is -0.466. The fraction of sp³-hybridized carbons (Fsp3) is 0.227. The summed E-state index contributed by atoms with van der Waals surface area (Å²) in [4.78, 5) is 12.5. The van der Waals surface area contributed by atoms with Crippen LogP contribution in [0.2, 0.25) is 0 Å². The van der Waals surface area contributed by atoms with Crippen molar-refractivity contribution >= 4 is 17.9 Å². The number of rotatable bonds is 10. The second kappa shape index (κ2) is 10.8. The molecule has 0 unspecified atom stereocenters. The minimum Gasteiger partial charge on any atom is -0.494 e. The van der Waals surface area contributed by atoms with E-state index < -0.39 is 5.82 Å². The van der Waals surface area contributed by atoms with Crippen molar-refractivity contribution in [3.8, 4) is 34.6 Å². The molecule has 176 valence electrons. The Labute approximate surface area is 199 Å². The molecule has 0 atom stereocenters. The Morgan fingerprint density at radius 3 is 2.32 bits per heavy atom. The predicted octanol–water partition coefficient (Wildman–Crippen LogP) is 3.59. The molecule has 10 nitrogen and oxygen atoms in total. The third-order valence-corrected chi connectivity index (χ3v) is 5.45. The first-order valence-electron chi connectivity index (χ1n) is 10.2. The fourth-order valence-electron chi connectivity index (χ4n) is 3.16. The van der Waals surface area contributed by atoms with E-state index in [9.17, 15) is 4.39 Å². The topological polar surface area (TPSA) is 109 Å². The summed E-state index contributed by atoms with van der Waals surface area (Å²) in [6, 6.07) is 10.9. The van der Waals surface area contributed by atoms with Gasteiger partial charge in [0, 0.05) is 18.2 Å². The third kappa shape index (κ3) is 5.01. The molecule has 0 bridgehead atoms. The number of hydrogen-bond donors (Lipinski definition) is 1. The first-order valence-corrected chi connectivity index (χ1v) is 11.2. The molecule has 1 N–H and O–H groups in total. The molecular weight excluding hydrogens is 461 g/mol. The van der Waals surface area contributed by atoms with Gasteiger partial charge in [-0.1, -0.05) is 12.1 Å². The summed E-state index contributed by atoms with van der Waals surface area (Å²) in [7, 11) is 4.71. The smallest absolute Gasteiger partial charge is 0.239 e. The van der Waals surface area contributed by atoms with Gasteiger partial charge in [-0.2, -0.15) is 0 Å².